The molecule has 100 valence electrons. The molecule has 2 aliphatic rings. The lowest BCUT2D eigenvalue weighted by molar-refractivity contribution is 0.0742. The first-order chi connectivity index (χ1) is 8.84. The van der Waals surface area contributed by atoms with Crippen molar-refractivity contribution in [1.29, 1.82) is 0 Å². The van der Waals surface area contributed by atoms with Crippen LogP contribution in [0.4, 0.5) is 0 Å². The number of aliphatic hydroxyl groups is 1. The van der Waals surface area contributed by atoms with Crippen LogP contribution in [-0.2, 0) is 12.8 Å². The SMILES string of the molecule is OC1CCCc2nnc(CCN3CCCCC3)n21. The zero-order chi connectivity index (χ0) is 12.4. The van der Waals surface area contributed by atoms with Crippen molar-refractivity contribution >= 4 is 0 Å². The third-order valence-electron chi connectivity index (χ3n) is 4.10. The van der Waals surface area contributed by atoms with Crippen LogP contribution >= 0.6 is 0 Å². The first kappa shape index (κ1) is 12.1. The Kier molecular flexibility index (Phi) is 3.61. The summed E-state index contributed by atoms with van der Waals surface area (Å²) in [6.07, 6.45) is 7.32. The predicted molar refractivity (Wildman–Crippen MR) is 68.2 cm³/mol. The number of nitrogens with zero attached hydrogens (tertiary/aromatic N) is 4. The van der Waals surface area contributed by atoms with Gasteiger partial charge in [0, 0.05) is 19.4 Å². The number of fused-ring (bicyclic) bond motifs is 1. The van der Waals surface area contributed by atoms with Gasteiger partial charge in [0.25, 0.3) is 0 Å². The Morgan fingerprint density at radius 1 is 1.11 bits per heavy atom. The molecule has 1 unspecified atom stereocenters. The lowest BCUT2D eigenvalue weighted by Gasteiger charge is -2.27. The molecule has 0 saturated carbocycles. The number of aromatic nitrogens is 3. The normalized spacial score (nSPS) is 25.1. The number of rotatable bonds is 3. The van der Waals surface area contributed by atoms with Gasteiger partial charge < -0.3 is 10.0 Å². The Morgan fingerprint density at radius 3 is 2.78 bits per heavy atom. The largest absolute Gasteiger partial charge is 0.373 e. The fourth-order valence-electron chi connectivity index (χ4n) is 3.06. The van der Waals surface area contributed by atoms with E-state index in [1.165, 1.54) is 32.4 Å². The molecule has 1 saturated heterocycles. The second-order valence-electron chi connectivity index (χ2n) is 5.43. The Morgan fingerprint density at radius 2 is 1.94 bits per heavy atom. The minimum Gasteiger partial charge on any atom is -0.373 e. The van der Waals surface area contributed by atoms with Crippen molar-refractivity contribution in [2.24, 2.45) is 0 Å². The molecule has 2 aliphatic heterocycles. The number of piperidine rings is 1. The second-order valence-corrected chi connectivity index (χ2v) is 5.43. The predicted octanol–water partition coefficient (Wildman–Crippen LogP) is 1.13. The molecule has 0 bridgehead atoms. The Balaban J connectivity index is 1.64. The van der Waals surface area contributed by atoms with Gasteiger partial charge in [-0.25, -0.2) is 0 Å². The molecular weight excluding hydrogens is 228 g/mol. The zero-order valence-electron chi connectivity index (χ0n) is 10.9. The average molecular weight is 250 g/mol. The van der Waals surface area contributed by atoms with E-state index in [0.29, 0.717) is 0 Å². The van der Waals surface area contributed by atoms with Gasteiger partial charge in [-0.3, -0.25) is 4.57 Å². The molecule has 1 N–H and O–H groups in total. The van der Waals surface area contributed by atoms with Gasteiger partial charge in [0.2, 0.25) is 0 Å². The third kappa shape index (κ3) is 2.42. The number of hydrogen-bond donors (Lipinski definition) is 1. The fourth-order valence-corrected chi connectivity index (χ4v) is 3.06. The van der Waals surface area contributed by atoms with E-state index in [1.54, 1.807) is 0 Å². The second kappa shape index (κ2) is 5.36. The lowest BCUT2D eigenvalue weighted by atomic mass is 10.1. The number of aryl methyl sites for hydroxylation is 1. The van der Waals surface area contributed by atoms with Gasteiger partial charge in [0.1, 0.15) is 17.9 Å². The molecule has 5 nitrogen and oxygen atoms in total. The van der Waals surface area contributed by atoms with Crippen LogP contribution in [0, 0.1) is 0 Å². The van der Waals surface area contributed by atoms with Crippen LogP contribution in [0.25, 0.3) is 0 Å². The van der Waals surface area contributed by atoms with Gasteiger partial charge in [-0.15, -0.1) is 10.2 Å². The molecule has 3 rings (SSSR count). The molecule has 1 fully saturated rings. The van der Waals surface area contributed by atoms with E-state index in [0.717, 1.165) is 43.9 Å². The van der Waals surface area contributed by atoms with Crippen molar-refractivity contribution in [3.8, 4) is 0 Å². The maximum absolute atomic E-state index is 10.0. The minimum atomic E-state index is -0.403. The maximum atomic E-state index is 10.0. The summed E-state index contributed by atoms with van der Waals surface area (Å²) in [7, 11) is 0. The van der Waals surface area contributed by atoms with Gasteiger partial charge in [-0.1, -0.05) is 6.42 Å². The van der Waals surface area contributed by atoms with E-state index in [4.69, 9.17) is 0 Å². The summed E-state index contributed by atoms with van der Waals surface area (Å²) >= 11 is 0. The molecular formula is C13H22N4O. The van der Waals surface area contributed by atoms with Crippen molar-refractivity contribution in [3.05, 3.63) is 11.6 Å². The van der Waals surface area contributed by atoms with E-state index in [9.17, 15) is 5.11 Å². The molecule has 0 amide bonds. The molecule has 0 aliphatic carbocycles. The van der Waals surface area contributed by atoms with Crippen molar-refractivity contribution < 1.29 is 5.11 Å². The molecule has 0 aromatic carbocycles. The van der Waals surface area contributed by atoms with Crippen LogP contribution < -0.4 is 0 Å². The highest BCUT2D eigenvalue weighted by Gasteiger charge is 2.23. The Hall–Kier alpha value is -0.940. The van der Waals surface area contributed by atoms with E-state index in [2.05, 4.69) is 15.1 Å². The summed E-state index contributed by atoms with van der Waals surface area (Å²) in [6, 6.07) is 0. The van der Waals surface area contributed by atoms with Gasteiger partial charge in [0.15, 0.2) is 0 Å². The van der Waals surface area contributed by atoms with Crippen LogP contribution in [0.1, 0.15) is 50.0 Å². The number of likely N-dealkylation sites (tertiary alicyclic amines) is 1. The molecule has 5 heteroatoms. The summed E-state index contributed by atoms with van der Waals surface area (Å²) in [4.78, 5) is 2.50. The average Bonchev–Trinajstić information content (AvgIpc) is 2.82. The Bertz CT molecular complexity index is 398. The van der Waals surface area contributed by atoms with Crippen molar-refractivity contribution in [2.45, 2.75) is 51.2 Å². The van der Waals surface area contributed by atoms with Gasteiger partial charge in [-0.05, 0) is 38.8 Å². The molecule has 1 aromatic heterocycles. The van der Waals surface area contributed by atoms with Crippen molar-refractivity contribution in [3.63, 3.8) is 0 Å². The first-order valence-corrected chi connectivity index (χ1v) is 7.17. The molecule has 18 heavy (non-hydrogen) atoms. The smallest absolute Gasteiger partial charge is 0.136 e. The highest BCUT2D eigenvalue weighted by molar-refractivity contribution is 5.01. The van der Waals surface area contributed by atoms with Crippen molar-refractivity contribution in [1.82, 2.24) is 19.7 Å². The quantitative estimate of drug-likeness (QED) is 0.874. The van der Waals surface area contributed by atoms with E-state index in [-0.39, 0.29) is 0 Å². The Labute approximate surface area is 108 Å². The van der Waals surface area contributed by atoms with E-state index >= 15 is 0 Å². The molecule has 0 spiro atoms. The van der Waals surface area contributed by atoms with E-state index < -0.39 is 6.23 Å². The summed E-state index contributed by atoms with van der Waals surface area (Å²) in [5.74, 6) is 1.92. The highest BCUT2D eigenvalue weighted by atomic mass is 16.3. The molecule has 1 atom stereocenters. The molecule has 0 radical (unpaired) electrons. The lowest BCUT2D eigenvalue weighted by Crippen LogP contribution is -2.32. The molecule has 1 aromatic rings. The maximum Gasteiger partial charge on any atom is 0.136 e. The highest BCUT2D eigenvalue weighted by Crippen LogP contribution is 2.23. The summed E-state index contributed by atoms with van der Waals surface area (Å²) < 4.78 is 1.95. The van der Waals surface area contributed by atoms with Crippen LogP contribution in [0.2, 0.25) is 0 Å². The van der Waals surface area contributed by atoms with Gasteiger partial charge >= 0.3 is 0 Å². The summed E-state index contributed by atoms with van der Waals surface area (Å²) in [5.41, 5.74) is 0. The van der Waals surface area contributed by atoms with Gasteiger partial charge in [-0.2, -0.15) is 0 Å². The van der Waals surface area contributed by atoms with Crippen LogP contribution in [0.5, 0.6) is 0 Å². The van der Waals surface area contributed by atoms with Crippen LogP contribution in [0.3, 0.4) is 0 Å². The zero-order valence-corrected chi connectivity index (χ0v) is 10.9. The minimum absolute atomic E-state index is 0.403. The monoisotopic (exact) mass is 250 g/mol. The van der Waals surface area contributed by atoms with Crippen molar-refractivity contribution in [2.75, 3.05) is 19.6 Å². The van der Waals surface area contributed by atoms with Crippen LogP contribution in [-0.4, -0.2) is 44.4 Å². The summed E-state index contributed by atoms with van der Waals surface area (Å²) in [6.45, 7) is 3.47. The van der Waals surface area contributed by atoms with E-state index in [1.807, 2.05) is 4.57 Å². The summed E-state index contributed by atoms with van der Waals surface area (Å²) in [5, 5.41) is 18.5. The van der Waals surface area contributed by atoms with Gasteiger partial charge in [0.05, 0.1) is 0 Å². The first-order valence-electron chi connectivity index (χ1n) is 7.17. The fraction of sp³-hybridized carbons (Fsp3) is 0.846. The number of aliphatic hydroxyl groups excluding tert-OH is 1. The topological polar surface area (TPSA) is 54.2 Å². The third-order valence-corrected chi connectivity index (χ3v) is 4.10. The van der Waals surface area contributed by atoms with Crippen LogP contribution in [0.15, 0.2) is 0 Å². The number of hydrogen-bond acceptors (Lipinski definition) is 4. The standard InChI is InChI=1S/C13H22N4O/c18-13-6-4-5-11-14-15-12(17(11)13)7-10-16-8-2-1-3-9-16/h13,18H,1-10H2. The molecule has 3 heterocycles.